The van der Waals surface area contributed by atoms with Gasteiger partial charge >= 0.3 is 0 Å². The lowest BCUT2D eigenvalue weighted by molar-refractivity contribution is 0.652. The number of rotatable bonds is 2. The molecule has 4 heteroatoms. The largest absolute Gasteiger partial charge is 0.368 e. The zero-order chi connectivity index (χ0) is 17.4. The fraction of sp³-hybridized carbons (Fsp3) is 0.286. The molecule has 0 atom stereocenters. The van der Waals surface area contributed by atoms with Gasteiger partial charge in [-0.1, -0.05) is 18.2 Å². The first kappa shape index (κ1) is 16.6. The van der Waals surface area contributed by atoms with E-state index in [9.17, 15) is 0 Å². The molecule has 0 saturated carbocycles. The zero-order valence-corrected chi connectivity index (χ0v) is 16.8. The van der Waals surface area contributed by atoms with Crippen LogP contribution < -0.4 is 9.80 Å². The van der Waals surface area contributed by atoms with Crippen LogP contribution in [0.5, 0.6) is 0 Å². The topological polar surface area (TPSA) is 19.4 Å². The number of pyridine rings is 1. The standard InChI is InChI=1S/C21H22IN3/c1-15-4-3-5-16(2)21(15)25-12-10-24(11-13-25)20-8-9-23-19-7-6-17(22)14-18(19)20/h3-9,14H,10-13H2,1-2H3. The van der Waals surface area contributed by atoms with Gasteiger partial charge in [0.1, 0.15) is 0 Å². The molecule has 4 rings (SSSR count). The van der Waals surface area contributed by atoms with Gasteiger partial charge < -0.3 is 9.80 Å². The summed E-state index contributed by atoms with van der Waals surface area (Å²) in [6, 6.07) is 15.2. The molecule has 128 valence electrons. The molecule has 0 N–H and O–H groups in total. The maximum Gasteiger partial charge on any atom is 0.0723 e. The second kappa shape index (κ2) is 6.83. The van der Waals surface area contributed by atoms with E-state index in [0.29, 0.717) is 0 Å². The molecule has 1 saturated heterocycles. The Morgan fingerprint density at radius 2 is 1.56 bits per heavy atom. The van der Waals surface area contributed by atoms with Crippen LogP contribution in [0.1, 0.15) is 11.1 Å². The molecule has 3 aromatic rings. The van der Waals surface area contributed by atoms with Gasteiger partial charge in [-0.3, -0.25) is 4.98 Å². The highest BCUT2D eigenvalue weighted by atomic mass is 127. The van der Waals surface area contributed by atoms with Gasteiger partial charge in [0.25, 0.3) is 0 Å². The van der Waals surface area contributed by atoms with Gasteiger partial charge in [0.2, 0.25) is 0 Å². The lowest BCUT2D eigenvalue weighted by Crippen LogP contribution is -2.47. The predicted molar refractivity (Wildman–Crippen MR) is 115 cm³/mol. The molecule has 1 aromatic heterocycles. The molecule has 2 heterocycles. The fourth-order valence-electron chi connectivity index (χ4n) is 3.86. The zero-order valence-electron chi connectivity index (χ0n) is 14.7. The molecule has 1 aliphatic rings. The summed E-state index contributed by atoms with van der Waals surface area (Å²) in [6.45, 7) is 8.62. The van der Waals surface area contributed by atoms with Crippen molar-refractivity contribution in [1.82, 2.24) is 4.98 Å². The number of aryl methyl sites for hydroxylation is 2. The summed E-state index contributed by atoms with van der Waals surface area (Å²) in [5.41, 5.74) is 6.55. The van der Waals surface area contributed by atoms with Crippen molar-refractivity contribution in [1.29, 1.82) is 0 Å². The molecule has 0 bridgehead atoms. The first-order valence-corrected chi connectivity index (χ1v) is 9.82. The predicted octanol–water partition coefficient (Wildman–Crippen LogP) is 4.78. The van der Waals surface area contributed by atoms with E-state index in [1.165, 1.54) is 31.5 Å². The number of para-hydroxylation sites is 1. The third kappa shape index (κ3) is 3.19. The number of aromatic nitrogens is 1. The number of piperazine rings is 1. The van der Waals surface area contributed by atoms with Gasteiger partial charge in [-0.15, -0.1) is 0 Å². The van der Waals surface area contributed by atoms with E-state index in [2.05, 4.69) is 93.7 Å². The SMILES string of the molecule is Cc1cccc(C)c1N1CCN(c2ccnc3ccc(I)cc23)CC1. The van der Waals surface area contributed by atoms with Gasteiger partial charge in [0, 0.05) is 52.7 Å². The van der Waals surface area contributed by atoms with Gasteiger partial charge in [-0.25, -0.2) is 0 Å². The van der Waals surface area contributed by atoms with Crippen LogP contribution >= 0.6 is 22.6 Å². The van der Waals surface area contributed by atoms with Crippen molar-refractivity contribution in [3.63, 3.8) is 0 Å². The number of benzene rings is 2. The number of hydrogen-bond acceptors (Lipinski definition) is 3. The molecule has 1 aliphatic heterocycles. The molecule has 1 fully saturated rings. The van der Waals surface area contributed by atoms with E-state index in [0.717, 1.165) is 31.7 Å². The monoisotopic (exact) mass is 443 g/mol. The van der Waals surface area contributed by atoms with Gasteiger partial charge in [-0.2, -0.15) is 0 Å². The van der Waals surface area contributed by atoms with Crippen LogP contribution in [0, 0.1) is 17.4 Å². The molecule has 2 aromatic carbocycles. The van der Waals surface area contributed by atoms with Crippen molar-refractivity contribution in [3.8, 4) is 0 Å². The summed E-state index contributed by atoms with van der Waals surface area (Å²) >= 11 is 2.38. The number of nitrogens with zero attached hydrogens (tertiary/aromatic N) is 3. The van der Waals surface area contributed by atoms with Crippen LogP contribution in [0.4, 0.5) is 11.4 Å². The lowest BCUT2D eigenvalue weighted by Gasteiger charge is -2.39. The Morgan fingerprint density at radius 3 is 2.28 bits per heavy atom. The van der Waals surface area contributed by atoms with Crippen LogP contribution in [0.25, 0.3) is 10.9 Å². The summed E-state index contributed by atoms with van der Waals surface area (Å²) < 4.78 is 1.26. The van der Waals surface area contributed by atoms with Crippen molar-refractivity contribution in [2.45, 2.75) is 13.8 Å². The first-order valence-electron chi connectivity index (χ1n) is 8.74. The summed E-state index contributed by atoms with van der Waals surface area (Å²) in [5.74, 6) is 0. The number of halogens is 1. The second-order valence-electron chi connectivity index (χ2n) is 6.71. The minimum atomic E-state index is 1.04. The maximum absolute atomic E-state index is 4.52. The summed E-state index contributed by atoms with van der Waals surface area (Å²) in [5, 5.41) is 1.26. The molecule has 0 spiro atoms. The van der Waals surface area contributed by atoms with E-state index < -0.39 is 0 Å². The second-order valence-corrected chi connectivity index (χ2v) is 7.95. The lowest BCUT2D eigenvalue weighted by atomic mass is 10.1. The molecule has 0 aliphatic carbocycles. The van der Waals surface area contributed by atoms with E-state index >= 15 is 0 Å². The van der Waals surface area contributed by atoms with Gasteiger partial charge in [-0.05, 0) is 71.8 Å². The quantitative estimate of drug-likeness (QED) is 0.532. The first-order chi connectivity index (χ1) is 12.1. The van der Waals surface area contributed by atoms with Crippen molar-refractivity contribution >= 4 is 44.9 Å². The molecule has 25 heavy (non-hydrogen) atoms. The summed E-state index contributed by atoms with van der Waals surface area (Å²) in [4.78, 5) is 9.56. The number of fused-ring (bicyclic) bond motifs is 1. The third-order valence-corrected chi connectivity index (χ3v) is 5.73. The van der Waals surface area contributed by atoms with Crippen molar-refractivity contribution < 1.29 is 0 Å². The van der Waals surface area contributed by atoms with Crippen LogP contribution in [0.3, 0.4) is 0 Å². The molecule has 0 unspecified atom stereocenters. The highest BCUT2D eigenvalue weighted by molar-refractivity contribution is 14.1. The highest BCUT2D eigenvalue weighted by Gasteiger charge is 2.21. The van der Waals surface area contributed by atoms with E-state index in [4.69, 9.17) is 0 Å². The molecular formula is C21H22IN3. The number of hydrogen-bond donors (Lipinski definition) is 0. The van der Waals surface area contributed by atoms with Crippen molar-refractivity contribution in [2.24, 2.45) is 0 Å². The van der Waals surface area contributed by atoms with Crippen molar-refractivity contribution in [3.05, 3.63) is 63.4 Å². The smallest absolute Gasteiger partial charge is 0.0723 e. The molecular weight excluding hydrogens is 421 g/mol. The van der Waals surface area contributed by atoms with Crippen molar-refractivity contribution in [2.75, 3.05) is 36.0 Å². The summed E-state index contributed by atoms with van der Waals surface area (Å²) in [7, 11) is 0. The molecule has 0 amide bonds. The normalized spacial score (nSPS) is 15.0. The van der Waals surface area contributed by atoms with Crippen LogP contribution in [0.2, 0.25) is 0 Å². The Labute approximate surface area is 162 Å². The number of anilines is 2. The highest BCUT2D eigenvalue weighted by Crippen LogP contribution is 2.30. The van der Waals surface area contributed by atoms with Gasteiger partial charge in [0.15, 0.2) is 0 Å². The Hall–Kier alpha value is -1.82. The third-order valence-electron chi connectivity index (χ3n) is 5.06. The minimum Gasteiger partial charge on any atom is -0.368 e. The average Bonchev–Trinajstić information content (AvgIpc) is 2.62. The van der Waals surface area contributed by atoms with E-state index in [1.54, 1.807) is 0 Å². The minimum absolute atomic E-state index is 1.04. The Balaban J connectivity index is 1.60. The fourth-order valence-corrected chi connectivity index (χ4v) is 4.35. The van der Waals surface area contributed by atoms with Crippen LogP contribution in [-0.4, -0.2) is 31.2 Å². The molecule has 0 radical (unpaired) electrons. The Morgan fingerprint density at radius 1 is 0.880 bits per heavy atom. The maximum atomic E-state index is 4.52. The Kier molecular flexibility index (Phi) is 4.54. The van der Waals surface area contributed by atoms with Gasteiger partial charge in [0.05, 0.1) is 5.52 Å². The van der Waals surface area contributed by atoms with E-state index in [-0.39, 0.29) is 0 Å². The van der Waals surface area contributed by atoms with E-state index in [1.807, 2.05) is 6.20 Å². The average molecular weight is 443 g/mol. The van der Waals surface area contributed by atoms with Crippen LogP contribution in [0.15, 0.2) is 48.7 Å². The Bertz CT molecular complexity index is 894. The molecule has 3 nitrogen and oxygen atoms in total. The summed E-state index contributed by atoms with van der Waals surface area (Å²) in [6.07, 6.45) is 1.93. The van der Waals surface area contributed by atoms with Crippen LogP contribution in [-0.2, 0) is 0 Å².